The van der Waals surface area contributed by atoms with Crippen molar-refractivity contribution in [1.82, 2.24) is 14.9 Å². The maximum absolute atomic E-state index is 12.4. The first-order chi connectivity index (χ1) is 10.6. The zero-order valence-electron chi connectivity index (χ0n) is 13.5. The molecule has 22 heavy (non-hydrogen) atoms. The minimum absolute atomic E-state index is 0.147. The third-order valence-corrected chi connectivity index (χ3v) is 3.41. The van der Waals surface area contributed by atoms with Gasteiger partial charge < -0.3 is 4.90 Å². The van der Waals surface area contributed by atoms with E-state index in [9.17, 15) is 4.79 Å². The van der Waals surface area contributed by atoms with Gasteiger partial charge in [0.25, 0.3) is 0 Å². The molecule has 0 fully saturated rings. The van der Waals surface area contributed by atoms with Gasteiger partial charge in [0.1, 0.15) is 0 Å². The number of aromatic nitrogens is 2. The zero-order chi connectivity index (χ0) is 15.9. The molecule has 0 saturated heterocycles. The van der Waals surface area contributed by atoms with Crippen LogP contribution in [0, 0.1) is 13.8 Å². The Morgan fingerprint density at radius 3 is 1.86 bits per heavy atom. The minimum Gasteiger partial charge on any atom is -0.331 e. The van der Waals surface area contributed by atoms with Crippen LogP contribution in [0.1, 0.15) is 42.5 Å². The van der Waals surface area contributed by atoms with Gasteiger partial charge in [-0.3, -0.25) is 14.8 Å². The van der Waals surface area contributed by atoms with E-state index in [-0.39, 0.29) is 5.91 Å². The molecule has 0 aliphatic rings. The predicted octanol–water partition coefficient (Wildman–Crippen LogP) is 3.42. The van der Waals surface area contributed by atoms with Crippen LogP contribution in [0.15, 0.2) is 36.4 Å². The summed E-state index contributed by atoms with van der Waals surface area (Å²) in [5, 5.41) is 0. The second kappa shape index (κ2) is 7.69. The average molecular weight is 297 g/mol. The van der Waals surface area contributed by atoms with Crippen molar-refractivity contribution in [3.63, 3.8) is 0 Å². The third-order valence-electron chi connectivity index (χ3n) is 3.41. The monoisotopic (exact) mass is 297 g/mol. The summed E-state index contributed by atoms with van der Waals surface area (Å²) >= 11 is 0. The lowest BCUT2D eigenvalue weighted by Gasteiger charge is -2.22. The third kappa shape index (κ3) is 4.65. The Bertz CT molecular complexity index is 592. The van der Waals surface area contributed by atoms with Crippen LogP contribution in [0.4, 0.5) is 0 Å². The predicted molar refractivity (Wildman–Crippen MR) is 87.1 cm³/mol. The molecule has 0 saturated carbocycles. The first-order valence-electron chi connectivity index (χ1n) is 7.71. The first kappa shape index (κ1) is 16.1. The highest BCUT2D eigenvalue weighted by atomic mass is 16.2. The van der Waals surface area contributed by atoms with E-state index < -0.39 is 0 Å². The molecule has 1 amide bonds. The Hall–Kier alpha value is -2.23. The molecule has 4 heteroatoms. The summed E-state index contributed by atoms with van der Waals surface area (Å²) in [7, 11) is 0. The summed E-state index contributed by atoms with van der Waals surface area (Å²) in [5.41, 5.74) is 3.76. The van der Waals surface area contributed by atoms with Gasteiger partial charge in [-0.1, -0.05) is 19.1 Å². The topological polar surface area (TPSA) is 46.1 Å². The molecule has 2 rings (SSSR count). The summed E-state index contributed by atoms with van der Waals surface area (Å²) in [6.07, 6.45) is 1.40. The number of carbonyl (C=O) groups is 1. The van der Waals surface area contributed by atoms with Crippen molar-refractivity contribution in [2.45, 2.75) is 46.7 Å². The average Bonchev–Trinajstić information content (AvgIpc) is 2.47. The molecule has 0 radical (unpaired) electrons. The molecule has 116 valence electrons. The van der Waals surface area contributed by atoms with Gasteiger partial charge in [0.2, 0.25) is 5.91 Å². The van der Waals surface area contributed by atoms with Gasteiger partial charge in [-0.15, -0.1) is 0 Å². The number of amides is 1. The molecule has 0 unspecified atom stereocenters. The number of hydrogen-bond acceptors (Lipinski definition) is 3. The number of hydrogen-bond donors (Lipinski definition) is 0. The fraction of sp³-hybridized carbons (Fsp3) is 0.389. The van der Waals surface area contributed by atoms with Crippen molar-refractivity contribution >= 4 is 5.91 Å². The fourth-order valence-electron chi connectivity index (χ4n) is 2.37. The summed E-state index contributed by atoms with van der Waals surface area (Å²) in [4.78, 5) is 23.2. The Kier molecular flexibility index (Phi) is 5.64. The highest BCUT2D eigenvalue weighted by molar-refractivity contribution is 5.76. The van der Waals surface area contributed by atoms with E-state index >= 15 is 0 Å². The Balaban J connectivity index is 2.17. The van der Waals surface area contributed by atoms with E-state index in [1.165, 1.54) is 0 Å². The van der Waals surface area contributed by atoms with E-state index in [2.05, 4.69) is 9.97 Å². The normalized spacial score (nSPS) is 10.5. The lowest BCUT2D eigenvalue weighted by atomic mass is 10.2. The number of rotatable bonds is 6. The van der Waals surface area contributed by atoms with E-state index in [0.29, 0.717) is 19.5 Å². The van der Waals surface area contributed by atoms with Crippen molar-refractivity contribution in [3.05, 3.63) is 59.2 Å². The summed E-state index contributed by atoms with van der Waals surface area (Å²) in [5.74, 6) is 0.147. The summed E-state index contributed by atoms with van der Waals surface area (Å²) in [6, 6.07) is 11.8. The molecular formula is C18H23N3O. The molecule has 0 bridgehead atoms. The van der Waals surface area contributed by atoms with Crippen molar-refractivity contribution < 1.29 is 4.79 Å². The molecule has 0 N–H and O–H groups in total. The largest absolute Gasteiger partial charge is 0.331 e. The molecule has 4 nitrogen and oxygen atoms in total. The summed E-state index contributed by atoms with van der Waals surface area (Å²) in [6.45, 7) is 6.99. The maximum atomic E-state index is 12.4. The van der Waals surface area contributed by atoms with E-state index in [4.69, 9.17) is 0 Å². The van der Waals surface area contributed by atoms with Gasteiger partial charge in [0, 0.05) is 17.8 Å². The Morgan fingerprint density at radius 1 is 0.955 bits per heavy atom. The van der Waals surface area contributed by atoms with Crippen LogP contribution in [0.5, 0.6) is 0 Å². The number of nitrogens with zero attached hydrogens (tertiary/aromatic N) is 3. The van der Waals surface area contributed by atoms with Crippen molar-refractivity contribution in [2.75, 3.05) is 0 Å². The van der Waals surface area contributed by atoms with Crippen molar-refractivity contribution in [3.8, 4) is 0 Å². The van der Waals surface area contributed by atoms with Crippen LogP contribution < -0.4 is 0 Å². The molecule has 0 aliphatic carbocycles. The smallest absolute Gasteiger partial charge is 0.223 e. The molecule has 2 aromatic heterocycles. The fourth-order valence-corrected chi connectivity index (χ4v) is 2.37. The first-order valence-corrected chi connectivity index (χ1v) is 7.71. The summed E-state index contributed by atoms with van der Waals surface area (Å²) < 4.78 is 0. The van der Waals surface area contributed by atoms with E-state index in [1.54, 1.807) is 0 Å². The zero-order valence-corrected chi connectivity index (χ0v) is 13.5. The second-order valence-corrected chi connectivity index (χ2v) is 5.54. The highest BCUT2D eigenvalue weighted by Crippen LogP contribution is 2.11. The van der Waals surface area contributed by atoms with Crippen LogP contribution >= 0.6 is 0 Å². The Labute approximate surface area is 132 Å². The molecule has 0 spiro atoms. The van der Waals surface area contributed by atoms with Gasteiger partial charge in [0.05, 0.1) is 24.5 Å². The minimum atomic E-state index is 0.147. The molecule has 0 aromatic carbocycles. The highest BCUT2D eigenvalue weighted by Gasteiger charge is 2.15. The molecule has 2 aromatic rings. The van der Waals surface area contributed by atoms with Crippen LogP contribution in [-0.2, 0) is 17.9 Å². The van der Waals surface area contributed by atoms with Crippen LogP contribution in [-0.4, -0.2) is 20.8 Å². The van der Waals surface area contributed by atoms with E-state index in [0.717, 1.165) is 29.2 Å². The Morgan fingerprint density at radius 2 is 1.45 bits per heavy atom. The molecule has 2 heterocycles. The second-order valence-electron chi connectivity index (χ2n) is 5.54. The number of pyridine rings is 2. The van der Waals surface area contributed by atoms with E-state index in [1.807, 2.05) is 62.1 Å². The van der Waals surface area contributed by atoms with Crippen LogP contribution in [0.25, 0.3) is 0 Å². The quantitative estimate of drug-likeness (QED) is 0.820. The lowest BCUT2D eigenvalue weighted by Crippen LogP contribution is -2.30. The van der Waals surface area contributed by atoms with Gasteiger partial charge in [0.15, 0.2) is 0 Å². The SMILES string of the molecule is CCCC(=O)N(Cc1cccc(C)n1)Cc1cccc(C)n1. The number of aryl methyl sites for hydroxylation is 2. The van der Waals surface area contributed by atoms with Gasteiger partial charge in [-0.05, 0) is 44.5 Å². The molecule has 0 atom stereocenters. The van der Waals surface area contributed by atoms with Crippen molar-refractivity contribution in [2.24, 2.45) is 0 Å². The molecule has 0 aliphatic heterocycles. The van der Waals surface area contributed by atoms with Gasteiger partial charge in [-0.25, -0.2) is 0 Å². The maximum Gasteiger partial charge on any atom is 0.223 e. The van der Waals surface area contributed by atoms with Crippen LogP contribution in [0.3, 0.4) is 0 Å². The lowest BCUT2D eigenvalue weighted by molar-refractivity contribution is -0.132. The van der Waals surface area contributed by atoms with Gasteiger partial charge in [-0.2, -0.15) is 0 Å². The van der Waals surface area contributed by atoms with Gasteiger partial charge >= 0.3 is 0 Å². The van der Waals surface area contributed by atoms with Crippen LogP contribution in [0.2, 0.25) is 0 Å². The standard InChI is InChI=1S/C18H23N3O/c1-4-7-18(22)21(12-16-10-5-8-14(2)19-16)13-17-11-6-9-15(3)20-17/h5-6,8-11H,4,7,12-13H2,1-3H3. The molecular weight excluding hydrogens is 274 g/mol. The van der Waals surface area contributed by atoms with Crippen molar-refractivity contribution in [1.29, 1.82) is 0 Å². The number of carbonyl (C=O) groups excluding carboxylic acids is 1.